The molecule has 1 N–H and O–H groups in total. The van der Waals surface area contributed by atoms with Crippen molar-refractivity contribution in [3.63, 3.8) is 0 Å². The molecule has 144 valence electrons. The lowest BCUT2D eigenvalue weighted by molar-refractivity contribution is -0.884. The maximum Gasteiger partial charge on any atom is 0.203 e. The molecule has 0 atom stereocenters. The molecule has 0 aromatic heterocycles. The highest BCUT2D eigenvalue weighted by Crippen LogP contribution is 2.38. The fraction of sp³-hybridized carbons (Fsp3) is 0.381. The van der Waals surface area contributed by atoms with Crippen LogP contribution in [0.2, 0.25) is 0 Å². The highest BCUT2D eigenvalue weighted by atomic mass is 16.5. The van der Waals surface area contributed by atoms with Crippen molar-refractivity contribution in [1.82, 2.24) is 5.01 Å². The third-order valence-corrected chi connectivity index (χ3v) is 4.67. The Morgan fingerprint density at radius 1 is 1.04 bits per heavy atom. The van der Waals surface area contributed by atoms with E-state index in [4.69, 9.17) is 14.2 Å². The number of nitrogens with one attached hydrogen (secondary N) is 1. The first kappa shape index (κ1) is 19.0. The Hall–Kier alpha value is -2.73. The van der Waals surface area contributed by atoms with Gasteiger partial charge >= 0.3 is 0 Å². The van der Waals surface area contributed by atoms with E-state index in [1.165, 1.54) is 0 Å². The minimum absolute atomic E-state index is 0.449. The third kappa shape index (κ3) is 5.14. The largest absolute Gasteiger partial charge is 0.493 e. The highest BCUT2D eigenvalue weighted by Gasteiger charge is 2.16. The minimum atomic E-state index is 0.449. The summed E-state index contributed by atoms with van der Waals surface area (Å²) in [5, 5.41) is 6.71. The molecule has 1 aliphatic heterocycles. The summed E-state index contributed by atoms with van der Waals surface area (Å²) in [6.07, 6.45) is 1.85. The van der Waals surface area contributed by atoms with Crippen LogP contribution in [0.3, 0.4) is 0 Å². The number of hydrazone groups is 1. The molecular weight excluding hydrogens is 342 g/mol. The first-order chi connectivity index (χ1) is 13.2. The smallest absolute Gasteiger partial charge is 0.203 e. The van der Waals surface area contributed by atoms with Gasteiger partial charge in [-0.25, -0.2) is 0 Å². The van der Waals surface area contributed by atoms with Crippen molar-refractivity contribution >= 4 is 6.21 Å². The second-order valence-electron chi connectivity index (χ2n) is 6.68. The van der Waals surface area contributed by atoms with E-state index in [2.05, 4.69) is 17.2 Å². The van der Waals surface area contributed by atoms with Crippen molar-refractivity contribution in [2.45, 2.75) is 6.61 Å². The van der Waals surface area contributed by atoms with Crippen molar-refractivity contribution in [3.05, 3.63) is 53.6 Å². The maximum absolute atomic E-state index is 5.99. The van der Waals surface area contributed by atoms with E-state index in [0.29, 0.717) is 23.9 Å². The lowest BCUT2D eigenvalue weighted by Gasteiger charge is -2.27. The maximum atomic E-state index is 5.99. The molecule has 3 rings (SSSR count). The van der Waals surface area contributed by atoms with Crippen LogP contribution in [-0.2, 0) is 6.61 Å². The summed E-state index contributed by atoms with van der Waals surface area (Å²) >= 11 is 0. The second-order valence-corrected chi connectivity index (χ2v) is 6.68. The fourth-order valence-electron chi connectivity index (χ4n) is 2.99. The Morgan fingerprint density at radius 3 is 2.26 bits per heavy atom. The van der Waals surface area contributed by atoms with Crippen molar-refractivity contribution in [3.8, 4) is 17.2 Å². The van der Waals surface area contributed by atoms with Crippen LogP contribution in [0.25, 0.3) is 0 Å². The number of hydrogen-bond acceptors (Lipinski definition) is 5. The van der Waals surface area contributed by atoms with E-state index in [1.807, 2.05) is 48.7 Å². The Morgan fingerprint density at radius 2 is 1.67 bits per heavy atom. The predicted molar refractivity (Wildman–Crippen MR) is 106 cm³/mol. The standard InChI is InChI=1S/C21H27N3O3/c1-23-9-11-24(12-10-23)22-15-18-13-19(25-2)21(20(14-18)26-3)27-16-17-7-5-4-6-8-17/h4-8,13-15H,9-12,16H2,1-3H3/p+1/b22-15-. The summed E-state index contributed by atoms with van der Waals surface area (Å²) in [5.74, 6) is 1.87. The van der Waals surface area contributed by atoms with Crippen molar-refractivity contribution in [2.75, 3.05) is 47.4 Å². The van der Waals surface area contributed by atoms with Crippen LogP contribution in [0, 0.1) is 0 Å². The molecule has 1 heterocycles. The SMILES string of the molecule is COc1cc(/C=N\N2CC[NH+](C)CC2)cc(OC)c1OCc1ccccc1. The van der Waals surface area contributed by atoms with Crippen LogP contribution < -0.4 is 19.1 Å². The molecule has 1 fully saturated rings. The topological polar surface area (TPSA) is 47.7 Å². The normalized spacial score (nSPS) is 15.1. The Labute approximate surface area is 160 Å². The molecule has 6 heteroatoms. The van der Waals surface area contributed by atoms with Gasteiger partial charge in [-0.1, -0.05) is 30.3 Å². The van der Waals surface area contributed by atoms with Gasteiger partial charge in [-0.15, -0.1) is 0 Å². The number of likely N-dealkylation sites (N-methyl/N-ethyl adjacent to an activating group) is 1. The second kappa shape index (κ2) is 9.28. The summed E-state index contributed by atoms with van der Waals surface area (Å²) in [6.45, 7) is 4.60. The van der Waals surface area contributed by atoms with Crippen molar-refractivity contribution in [1.29, 1.82) is 0 Å². The zero-order valence-corrected chi connectivity index (χ0v) is 16.3. The minimum Gasteiger partial charge on any atom is -0.493 e. The van der Waals surface area contributed by atoms with Crippen LogP contribution in [0.1, 0.15) is 11.1 Å². The number of methoxy groups -OCH3 is 2. The molecule has 27 heavy (non-hydrogen) atoms. The van der Waals surface area contributed by atoms with E-state index in [-0.39, 0.29) is 0 Å². The van der Waals surface area contributed by atoms with E-state index in [0.717, 1.165) is 37.3 Å². The molecule has 1 aliphatic rings. The van der Waals surface area contributed by atoms with E-state index >= 15 is 0 Å². The van der Waals surface area contributed by atoms with Gasteiger partial charge in [-0.2, -0.15) is 5.10 Å². The van der Waals surface area contributed by atoms with Crippen LogP contribution in [0.5, 0.6) is 17.2 Å². The van der Waals surface area contributed by atoms with Gasteiger partial charge in [0.15, 0.2) is 11.5 Å². The van der Waals surface area contributed by atoms with Crippen LogP contribution >= 0.6 is 0 Å². The number of hydrogen-bond donors (Lipinski definition) is 1. The van der Waals surface area contributed by atoms with Gasteiger partial charge in [0, 0.05) is 5.56 Å². The number of piperazine rings is 1. The van der Waals surface area contributed by atoms with Crippen molar-refractivity contribution in [2.24, 2.45) is 5.10 Å². The molecule has 0 aliphatic carbocycles. The molecule has 0 saturated carbocycles. The van der Waals surface area contributed by atoms with Gasteiger partial charge in [0.05, 0.1) is 53.7 Å². The number of nitrogens with zero attached hydrogens (tertiary/aromatic N) is 2. The Kier molecular flexibility index (Phi) is 6.54. The summed E-state index contributed by atoms with van der Waals surface area (Å²) in [4.78, 5) is 1.55. The van der Waals surface area contributed by atoms with Gasteiger partial charge in [0.1, 0.15) is 6.61 Å². The van der Waals surface area contributed by atoms with Gasteiger partial charge in [-0.3, -0.25) is 5.01 Å². The van der Waals surface area contributed by atoms with Crippen LogP contribution in [0.4, 0.5) is 0 Å². The van der Waals surface area contributed by atoms with Gasteiger partial charge in [0.2, 0.25) is 5.75 Å². The number of rotatable bonds is 7. The molecule has 0 spiro atoms. The molecule has 2 aromatic carbocycles. The average Bonchev–Trinajstić information content (AvgIpc) is 2.72. The van der Waals surface area contributed by atoms with E-state index in [1.54, 1.807) is 19.1 Å². The number of ether oxygens (including phenoxy) is 3. The zero-order chi connectivity index (χ0) is 19.1. The predicted octanol–water partition coefficient (Wildman–Crippen LogP) is 1.45. The zero-order valence-electron chi connectivity index (χ0n) is 16.3. The average molecular weight is 370 g/mol. The molecular formula is C21H28N3O3+. The van der Waals surface area contributed by atoms with E-state index in [9.17, 15) is 0 Å². The van der Waals surface area contributed by atoms with Crippen molar-refractivity contribution < 1.29 is 19.1 Å². The molecule has 0 amide bonds. The Bertz CT molecular complexity index is 732. The molecule has 0 bridgehead atoms. The first-order valence-corrected chi connectivity index (χ1v) is 9.22. The number of quaternary nitrogens is 1. The lowest BCUT2D eigenvalue weighted by atomic mass is 10.2. The molecule has 0 radical (unpaired) electrons. The molecule has 6 nitrogen and oxygen atoms in total. The summed E-state index contributed by atoms with van der Waals surface area (Å²) < 4.78 is 17.1. The lowest BCUT2D eigenvalue weighted by Crippen LogP contribution is -3.11. The van der Waals surface area contributed by atoms with E-state index < -0.39 is 0 Å². The van der Waals surface area contributed by atoms with Gasteiger partial charge < -0.3 is 19.1 Å². The fourth-order valence-corrected chi connectivity index (χ4v) is 2.99. The quantitative estimate of drug-likeness (QED) is 0.750. The molecule has 1 saturated heterocycles. The summed E-state index contributed by atoms with van der Waals surface area (Å²) in [7, 11) is 5.48. The van der Waals surface area contributed by atoms with Crippen LogP contribution in [-0.4, -0.2) is 58.7 Å². The number of benzene rings is 2. The molecule has 0 unspecified atom stereocenters. The van der Waals surface area contributed by atoms with Crippen LogP contribution in [0.15, 0.2) is 47.6 Å². The highest BCUT2D eigenvalue weighted by molar-refractivity contribution is 5.82. The summed E-state index contributed by atoms with van der Waals surface area (Å²) in [5.41, 5.74) is 2.01. The molecule has 2 aromatic rings. The third-order valence-electron chi connectivity index (χ3n) is 4.67. The first-order valence-electron chi connectivity index (χ1n) is 9.22. The monoisotopic (exact) mass is 370 g/mol. The van der Waals surface area contributed by atoms with Gasteiger partial charge in [0.25, 0.3) is 0 Å². The van der Waals surface area contributed by atoms with Gasteiger partial charge in [-0.05, 0) is 17.7 Å². The Balaban J connectivity index is 1.75. The summed E-state index contributed by atoms with van der Waals surface area (Å²) in [6, 6.07) is 13.9.